The summed E-state index contributed by atoms with van der Waals surface area (Å²) in [5, 5.41) is 6.40. The van der Waals surface area contributed by atoms with Gasteiger partial charge in [0.05, 0.1) is 13.1 Å². The number of anilines is 1. The molecule has 2 fully saturated rings. The molecule has 2 N–H and O–H groups in total. The predicted octanol–water partition coefficient (Wildman–Crippen LogP) is 2.53. The maximum Gasteiger partial charge on any atom is 0.238 e. The van der Waals surface area contributed by atoms with Crippen molar-refractivity contribution in [2.24, 2.45) is 10.4 Å². The van der Waals surface area contributed by atoms with E-state index < -0.39 is 0 Å². The minimum atomic E-state index is -0.00291. The molecule has 0 aromatic heterocycles. The molecule has 1 aliphatic carbocycles. The van der Waals surface area contributed by atoms with E-state index in [4.69, 9.17) is 4.99 Å². The van der Waals surface area contributed by atoms with Crippen LogP contribution in [0.3, 0.4) is 0 Å². The number of benzene rings is 1. The van der Waals surface area contributed by atoms with Crippen LogP contribution < -0.4 is 10.6 Å². The van der Waals surface area contributed by atoms with Crippen molar-refractivity contribution in [2.75, 3.05) is 45.6 Å². The third-order valence-electron chi connectivity index (χ3n) is 5.57. The fourth-order valence-corrected chi connectivity index (χ4v) is 4.03. The van der Waals surface area contributed by atoms with Gasteiger partial charge < -0.3 is 20.4 Å². The molecular weight excluding hydrogens is 338 g/mol. The molecule has 0 radical (unpaired) electrons. The fourth-order valence-electron chi connectivity index (χ4n) is 4.03. The number of likely N-dealkylation sites (N-methyl/N-ethyl adjacent to an activating group) is 1. The summed E-state index contributed by atoms with van der Waals surface area (Å²) in [5.74, 6) is 1.01. The Kier molecular flexibility index (Phi) is 6.37. The molecule has 1 aromatic rings. The number of carbonyl (C=O) groups is 1. The summed E-state index contributed by atoms with van der Waals surface area (Å²) in [5.41, 5.74) is 2.49. The van der Waals surface area contributed by atoms with E-state index in [2.05, 4.69) is 28.5 Å². The van der Waals surface area contributed by atoms with Gasteiger partial charge in [-0.25, -0.2) is 4.99 Å². The average molecular weight is 372 g/mol. The third-order valence-corrected chi connectivity index (χ3v) is 5.57. The summed E-state index contributed by atoms with van der Waals surface area (Å²) in [6.45, 7) is 6.23. The molecule has 1 saturated carbocycles. The molecule has 1 amide bonds. The first-order valence-corrected chi connectivity index (χ1v) is 10.1. The zero-order valence-corrected chi connectivity index (χ0v) is 16.9. The molecular formula is C21H33N5O. The number of guanidine groups is 1. The van der Waals surface area contributed by atoms with Gasteiger partial charge in [0, 0.05) is 25.3 Å². The van der Waals surface area contributed by atoms with Crippen LogP contribution in [0.2, 0.25) is 0 Å². The van der Waals surface area contributed by atoms with Crippen LogP contribution in [0.15, 0.2) is 29.3 Å². The van der Waals surface area contributed by atoms with Gasteiger partial charge in [0.1, 0.15) is 0 Å². The second-order valence-corrected chi connectivity index (χ2v) is 8.18. The smallest absolute Gasteiger partial charge is 0.238 e. The number of rotatable bonds is 6. The number of hydrogen-bond acceptors (Lipinski definition) is 3. The van der Waals surface area contributed by atoms with Crippen LogP contribution in [0.4, 0.5) is 5.69 Å². The largest absolute Gasteiger partial charge is 0.357 e. The Morgan fingerprint density at radius 3 is 2.74 bits per heavy atom. The lowest BCUT2D eigenvalue weighted by molar-refractivity contribution is -0.116. The number of nitrogens with zero attached hydrogens (tertiary/aromatic N) is 3. The molecule has 0 atom stereocenters. The Balaban J connectivity index is 1.62. The predicted molar refractivity (Wildman–Crippen MR) is 111 cm³/mol. The van der Waals surface area contributed by atoms with Gasteiger partial charge in [-0.15, -0.1) is 0 Å². The van der Waals surface area contributed by atoms with Gasteiger partial charge in [-0.05, 0) is 63.4 Å². The molecule has 1 aromatic carbocycles. The zero-order valence-electron chi connectivity index (χ0n) is 16.9. The van der Waals surface area contributed by atoms with Gasteiger partial charge in [0.25, 0.3) is 0 Å². The van der Waals surface area contributed by atoms with Crippen LogP contribution in [0, 0.1) is 5.41 Å². The van der Waals surface area contributed by atoms with Gasteiger partial charge in [-0.1, -0.05) is 18.6 Å². The maximum absolute atomic E-state index is 12.0. The third kappa shape index (κ3) is 5.22. The molecule has 1 saturated heterocycles. The normalized spacial score (nSPS) is 18.7. The van der Waals surface area contributed by atoms with E-state index in [0.717, 1.165) is 36.8 Å². The highest BCUT2D eigenvalue weighted by Gasteiger charge is 2.43. The summed E-state index contributed by atoms with van der Waals surface area (Å²) in [4.78, 5) is 21.1. The van der Waals surface area contributed by atoms with Crippen molar-refractivity contribution in [2.45, 2.75) is 39.2 Å². The first-order valence-electron chi connectivity index (χ1n) is 10.1. The lowest BCUT2D eigenvalue weighted by Gasteiger charge is -2.38. The van der Waals surface area contributed by atoms with Crippen LogP contribution in [0.5, 0.6) is 0 Å². The van der Waals surface area contributed by atoms with E-state index in [1.165, 1.54) is 25.7 Å². The summed E-state index contributed by atoms with van der Waals surface area (Å²) >= 11 is 0. The molecule has 0 bridgehead atoms. The van der Waals surface area contributed by atoms with E-state index in [0.29, 0.717) is 18.5 Å². The zero-order chi connectivity index (χ0) is 19.3. The molecule has 6 nitrogen and oxygen atoms in total. The van der Waals surface area contributed by atoms with Gasteiger partial charge >= 0.3 is 0 Å². The number of nitrogens with one attached hydrogen (secondary N) is 2. The highest BCUT2D eigenvalue weighted by Crippen LogP contribution is 2.47. The van der Waals surface area contributed by atoms with Crippen molar-refractivity contribution >= 4 is 17.6 Å². The number of likely N-dealkylation sites (tertiary alicyclic amines) is 1. The summed E-state index contributed by atoms with van der Waals surface area (Å²) in [6, 6.07) is 7.97. The number of amides is 1. The van der Waals surface area contributed by atoms with Gasteiger partial charge in [-0.2, -0.15) is 0 Å². The second-order valence-electron chi connectivity index (χ2n) is 8.18. The molecule has 1 aliphatic heterocycles. The lowest BCUT2D eigenvalue weighted by atomic mass is 9.68. The van der Waals surface area contributed by atoms with E-state index in [9.17, 15) is 4.79 Å². The van der Waals surface area contributed by atoms with E-state index in [1.807, 2.05) is 37.2 Å². The highest BCUT2D eigenvalue weighted by atomic mass is 16.2. The quantitative estimate of drug-likeness (QED) is 0.596. The number of hydrogen-bond donors (Lipinski definition) is 2. The maximum atomic E-state index is 12.0. The average Bonchev–Trinajstić information content (AvgIpc) is 3.04. The molecule has 1 spiro atoms. The molecule has 3 rings (SSSR count). The minimum Gasteiger partial charge on any atom is -0.357 e. The highest BCUT2D eigenvalue weighted by molar-refractivity contribution is 5.92. The molecule has 148 valence electrons. The monoisotopic (exact) mass is 371 g/mol. The van der Waals surface area contributed by atoms with Gasteiger partial charge in [-0.3, -0.25) is 4.79 Å². The Morgan fingerprint density at radius 2 is 2.11 bits per heavy atom. The molecule has 1 heterocycles. The van der Waals surface area contributed by atoms with Crippen LogP contribution >= 0.6 is 0 Å². The molecule has 6 heteroatoms. The van der Waals surface area contributed by atoms with Crippen molar-refractivity contribution in [1.29, 1.82) is 0 Å². The first kappa shape index (κ1) is 19.7. The fraction of sp³-hybridized carbons (Fsp3) is 0.619. The molecule has 27 heavy (non-hydrogen) atoms. The molecule has 2 aliphatic rings. The molecule has 0 unspecified atom stereocenters. The second kappa shape index (κ2) is 8.74. The van der Waals surface area contributed by atoms with Crippen LogP contribution in [0.25, 0.3) is 0 Å². The van der Waals surface area contributed by atoms with E-state index in [1.54, 1.807) is 0 Å². The Bertz CT molecular complexity index is 681. The van der Waals surface area contributed by atoms with Gasteiger partial charge in [0.15, 0.2) is 5.96 Å². The Hall–Kier alpha value is -2.08. The number of carbonyl (C=O) groups excluding carboxylic acids is 1. The van der Waals surface area contributed by atoms with Gasteiger partial charge in [0.2, 0.25) is 5.91 Å². The Labute approximate surface area is 163 Å². The van der Waals surface area contributed by atoms with Crippen molar-refractivity contribution in [3.8, 4) is 0 Å². The van der Waals surface area contributed by atoms with Crippen LogP contribution in [0.1, 0.15) is 38.2 Å². The number of aliphatic imine (C=N–C) groups is 1. The topological polar surface area (TPSA) is 60.0 Å². The summed E-state index contributed by atoms with van der Waals surface area (Å²) < 4.78 is 0. The lowest BCUT2D eigenvalue weighted by Crippen LogP contribution is -2.42. The van der Waals surface area contributed by atoms with Crippen molar-refractivity contribution in [3.63, 3.8) is 0 Å². The van der Waals surface area contributed by atoms with Crippen molar-refractivity contribution in [3.05, 3.63) is 29.8 Å². The Morgan fingerprint density at radius 1 is 1.30 bits per heavy atom. The van der Waals surface area contributed by atoms with Crippen LogP contribution in [-0.4, -0.2) is 61.9 Å². The summed E-state index contributed by atoms with van der Waals surface area (Å²) in [7, 11) is 3.78. The van der Waals surface area contributed by atoms with E-state index in [-0.39, 0.29) is 5.91 Å². The van der Waals surface area contributed by atoms with E-state index >= 15 is 0 Å². The first-order chi connectivity index (χ1) is 13.0. The standard InChI is InChI=1S/C21H33N5O/c1-4-22-20(26-12-11-21(16-26)9-6-10-21)23-14-17-7-5-8-18(13-17)24-19(27)15-25(2)3/h5,7-8,13H,4,6,9-12,14-16H2,1-3H3,(H,22,23)(H,24,27). The van der Waals surface area contributed by atoms with Crippen molar-refractivity contribution < 1.29 is 4.79 Å². The van der Waals surface area contributed by atoms with Crippen LogP contribution in [-0.2, 0) is 11.3 Å². The minimum absolute atomic E-state index is 0.00291. The SMILES string of the molecule is CCNC(=NCc1cccc(NC(=O)CN(C)C)c1)N1CCC2(CCC2)C1. The van der Waals surface area contributed by atoms with Crippen molar-refractivity contribution in [1.82, 2.24) is 15.1 Å². The summed E-state index contributed by atoms with van der Waals surface area (Å²) in [6.07, 6.45) is 5.42.